The van der Waals surface area contributed by atoms with Crippen LogP contribution >= 0.6 is 11.3 Å². The van der Waals surface area contributed by atoms with E-state index in [-0.39, 0.29) is 11.9 Å². The monoisotopic (exact) mass is 336 g/mol. The van der Waals surface area contributed by atoms with Crippen molar-refractivity contribution in [2.45, 2.75) is 51.5 Å². The number of carbonyl (C=O) groups excluding carboxylic acids is 1. The molecular weight excluding hydrogens is 308 g/mol. The molecule has 1 aliphatic heterocycles. The molecule has 1 N–H and O–H groups in total. The summed E-state index contributed by atoms with van der Waals surface area (Å²) < 4.78 is 5.37. The lowest BCUT2D eigenvalue weighted by Gasteiger charge is -2.29. The van der Waals surface area contributed by atoms with Crippen molar-refractivity contribution in [3.8, 4) is 0 Å². The van der Waals surface area contributed by atoms with Crippen molar-refractivity contribution in [2.24, 2.45) is 0 Å². The van der Waals surface area contributed by atoms with E-state index in [4.69, 9.17) is 4.74 Å². The van der Waals surface area contributed by atoms with Gasteiger partial charge in [0.25, 0.3) is 5.91 Å². The summed E-state index contributed by atoms with van der Waals surface area (Å²) in [6.07, 6.45) is 7.47. The highest BCUT2D eigenvalue weighted by molar-refractivity contribution is 7.14. The van der Waals surface area contributed by atoms with E-state index in [1.165, 1.54) is 36.1 Å². The maximum absolute atomic E-state index is 12.5. The van der Waals surface area contributed by atoms with Gasteiger partial charge in [0.05, 0.1) is 18.1 Å². The largest absolute Gasteiger partial charge is 0.379 e. The minimum atomic E-state index is 0.0995. The number of amides is 1. The number of rotatable bonds is 4. The Morgan fingerprint density at radius 1 is 1.26 bits per heavy atom. The van der Waals surface area contributed by atoms with Gasteiger partial charge in [-0.3, -0.25) is 9.69 Å². The molecule has 0 spiro atoms. The second-order valence-corrected chi connectivity index (χ2v) is 7.90. The van der Waals surface area contributed by atoms with Gasteiger partial charge >= 0.3 is 0 Å². The van der Waals surface area contributed by atoms with Gasteiger partial charge in [-0.15, -0.1) is 11.3 Å². The molecule has 23 heavy (non-hydrogen) atoms. The molecule has 0 bridgehead atoms. The van der Waals surface area contributed by atoms with Crippen LogP contribution in [-0.4, -0.2) is 49.7 Å². The van der Waals surface area contributed by atoms with E-state index in [0.717, 1.165) is 50.6 Å². The third-order valence-electron chi connectivity index (χ3n) is 4.73. The molecule has 2 heterocycles. The number of carbonyl (C=O) groups is 1. The standard InChI is InChI=1S/C18H28N2O2S/c1-14(13-20-8-10-22-11-9-20)19-18(21)17-12-15-6-4-2-3-5-7-16(15)23-17/h12,14H,2-11,13H2,1H3,(H,19,21). The summed E-state index contributed by atoms with van der Waals surface area (Å²) in [4.78, 5) is 17.2. The van der Waals surface area contributed by atoms with E-state index in [9.17, 15) is 4.79 Å². The highest BCUT2D eigenvalue weighted by Crippen LogP contribution is 2.28. The van der Waals surface area contributed by atoms with Gasteiger partial charge in [0.2, 0.25) is 0 Å². The van der Waals surface area contributed by atoms with Gasteiger partial charge in [0.15, 0.2) is 0 Å². The molecule has 1 saturated heterocycles. The van der Waals surface area contributed by atoms with Crippen LogP contribution in [0.3, 0.4) is 0 Å². The summed E-state index contributed by atoms with van der Waals surface area (Å²) in [5.41, 5.74) is 1.42. The first kappa shape index (κ1) is 16.9. The normalized spacial score (nSPS) is 21.1. The number of morpholine rings is 1. The van der Waals surface area contributed by atoms with Crippen LogP contribution in [0.25, 0.3) is 0 Å². The second-order valence-electron chi connectivity index (χ2n) is 6.76. The first-order valence-corrected chi connectivity index (χ1v) is 9.76. The van der Waals surface area contributed by atoms with Crippen molar-refractivity contribution in [1.29, 1.82) is 0 Å². The second kappa shape index (κ2) is 8.27. The number of hydrogen-bond acceptors (Lipinski definition) is 4. The Bertz CT molecular complexity index is 498. The lowest BCUT2D eigenvalue weighted by atomic mass is 10.00. The average Bonchev–Trinajstić information content (AvgIpc) is 2.90. The molecule has 1 unspecified atom stereocenters. The van der Waals surface area contributed by atoms with Crippen LogP contribution in [0.4, 0.5) is 0 Å². The quantitative estimate of drug-likeness (QED) is 0.919. The summed E-state index contributed by atoms with van der Waals surface area (Å²) in [7, 11) is 0. The minimum absolute atomic E-state index is 0.0995. The molecule has 1 aromatic rings. The third kappa shape index (κ3) is 4.78. The minimum Gasteiger partial charge on any atom is -0.379 e. The number of ether oxygens (including phenoxy) is 1. The topological polar surface area (TPSA) is 41.6 Å². The van der Waals surface area contributed by atoms with Crippen molar-refractivity contribution in [2.75, 3.05) is 32.8 Å². The number of fused-ring (bicyclic) bond motifs is 1. The summed E-state index contributed by atoms with van der Waals surface area (Å²) in [5, 5.41) is 3.17. The van der Waals surface area contributed by atoms with Gasteiger partial charge in [0, 0.05) is 30.6 Å². The molecule has 128 valence electrons. The number of thiophene rings is 1. The zero-order valence-corrected chi connectivity index (χ0v) is 14.9. The smallest absolute Gasteiger partial charge is 0.261 e. The molecular formula is C18H28N2O2S. The number of nitrogens with zero attached hydrogens (tertiary/aromatic N) is 1. The summed E-state index contributed by atoms with van der Waals surface area (Å²) in [6.45, 7) is 6.54. The van der Waals surface area contributed by atoms with Gasteiger partial charge < -0.3 is 10.1 Å². The maximum Gasteiger partial charge on any atom is 0.261 e. The lowest BCUT2D eigenvalue weighted by molar-refractivity contribution is 0.0342. The SMILES string of the molecule is CC(CN1CCOCC1)NC(=O)c1cc2c(s1)CCCCCC2. The summed E-state index contributed by atoms with van der Waals surface area (Å²) >= 11 is 1.71. The van der Waals surface area contributed by atoms with Crippen molar-refractivity contribution in [3.63, 3.8) is 0 Å². The Kier molecular flexibility index (Phi) is 6.08. The molecule has 4 nitrogen and oxygen atoms in total. The molecule has 0 aromatic carbocycles. The van der Waals surface area contributed by atoms with E-state index in [2.05, 4.69) is 23.2 Å². The van der Waals surface area contributed by atoms with Crippen LogP contribution in [0.1, 0.15) is 52.7 Å². The predicted octanol–water partition coefficient (Wildman–Crippen LogP) is 2.86. The lowest BCUT2D eigenvalue weighted by Crippen LogP contribution is -2.45. The van der Waals surface area contributed by atoms with Crippen molar-refractivity contribution in [3.05, 3.63) is 21.4 Å². The average molecular weight is 337 g/mol. The predicted molar refractivity (Wildman–Crippen MR) is 94.4 cm³/mol. The molecule has 3 rings (SSSR count). The van der Waals surface area contributed by atoms with E-state index in [0.29, 0.717) is 0 Å². The van der Waals surface area contributed by atoms with Gasteiger partial charge in [-0.05, 0) is 44.2 Å². The van der Waals surface area contributed by atoms with Gasteiger partial charge in [-0.1, -0.05) is 12.8 Å². The highest BCUT2D eigenvalue weighted by Gasteiger charge is 2.19. The Labute approximate surface area is 143 Å². The zero-order valence-electron chi connectivity index (χ0n) is 14.1. The molecule has 5 heteroatoms. The third-order valence-corrected chi connectivity index (χ3v) is 5.97. The molecule has 1 atom stereocenters. The van der Waals surface area contributed by atoms with Gasteiger partial charge in [0.1, 0.15) is 0 Å². The maximum atomic E-state index is 12.5. The fraction of sp³-hybridized carbons (Fsp3) is 0.722. The molecule has 1 aromatic heterocycles. The Morgan fingerprint density at radius 3 is 2.78 bits per heavy atom. The summed E-state index contributed by atoms with van der Waals surface area (Å²) in [6, 6.07) is 2.31. The van der Waals surface area contributed by atoms with Gasteiger partial charge in [-0.2, -0.15) is 0 Å². The van der Waals surface area contributed by atoms with Crippen LogP contribution in [0.15, 0.2) is 6.07 Å². The molecule has 1 amide bonds. The van der Waals surface area contributed by atoms with Crippen LogP contribution in [0.2, 0.25) is 0 Å². The van der Waals surface area contributed by atoms with Crippen molar-refractivity contribution < 1.29 is 9.53 Å². The Balaban J connectivity index is 1.55. The molecule has 0 radical (unpaired) electrons. The number of hydrogen-bond donors (Lipinski definition) is 1. The van der Waals surface area contributed by atoms with Crippen LogP contribution in [-0.2, 0) is 17.6 Å². The number of aryl methyl sites for hydroxylation is 2. The molecule has 2 aliphatic rings. The van der Waals surface area contributed by atoms with Crippen molar-refractivity contribution in [1.82, 2.24) is 10.2 Å². The van der Waals surface area contributed by atoms with Crippen molar-refractivity contribution >= 4 is 17.2 Å². The summed E-state index contributed by atoms with van der Waals surface area (Å²) in [5.74, 6) is 0.0995. The van der Waals surface area contributed by atoms with E-state index < -0.39 is 0 Å². The molecule has 1 fully saturated rings. The van der Waals surface area contributed by atoms with E-state index in [1.807, 2.05) is 0 Å². The highest BCUT2D eigenvalue weighted by atomic mass is 32.1. The first-order valence-electron chi connectivity index (χ1n) is 8.95. The van der Waals surface area contributed by atoms with E-state index >= 15 is 0 Å². The molecule has 1 aliphatic carbocycles. The Hall–Kier alpha value is -0.910. The Morgan fingerprint density at radius 2 is 2.00 bits per heavy atom. The van der Waals surface area contributed by atoms with Gasteiger partial charge in [-0.25, -0.2) is 0 Å². The van der Waals surface area contributed by atoms with Crippen LogP contribution in [0, 0.1) is 0 Å². The van der Waals surface area contributed by atoms with Crippen LogP contribution < -0.4 is 5.32 Å². The fourth-order valence-electron chi connectivity index (χ4n) is 3.47. The zero-order chi connectivity index (χ0) is 16.1. The molecule has 0 saturated carbocycles. The fourth-order valence-corrected chi connectivity index (χ4v) is 4.62. The van der Waals surface area contributed by atoms with Crippen LogP contribution in [0.5, 0.6) is 0 Å². The first-order chi connectivity index (χ1) is 11.2. The van der Waals surface area contributed by atoms with E-state index in [1.54, 1.807) is 11.3 Å². The number of nitrogens with one attached hydrogen (secondary N) is 1.